The fourth-order valence-electron chi connectivity index (χ4n) is 7.75. The van der Waals surface area contributed by atoms with Crippen molar-refractivity contribution in [2.24, 2.45) is 11.8 Å². The summed E-state index contributed by atoms with van der Waals surface area (Å²) in [5.74, 6) is 0.889. The molecule has 3 atom stereocenters. The largest absolute Gasteiger partial charge is 0.462 e. The molecule has 0 saturated heterocycles. The van der Waals surface area contributed by atoms with Crippen LogP contribution < -0.4 is 0 Å². The number of carbonyl (C=O) groups is 3. The summed E-state index contributed by atoms with van der Waals surface area (Å²) in [7, 11) is 0. The molecule has 6 nitrogen and oxygen atoms in total. The molecular weight excluding hydrogens is 721 g/mol. The molecule has 0 aromatic carbocycles. The topological polar surface area (TPSA) is 78.9 Å². The summed E-state index contributed by atoms with van der Waals surface area (Å²) in [6.07, 6.45) is 45.1. The third-order valence-electron chi connectivity index (χ3n) is 12.4. The molecule has 58 heavy (non-hydrogen) atoms. The average molecular weight is 821 g/mol. The number of ether oxygens (including phenoxy) is 3. The van der Waals surface area contributed by atoms with Gasteiger partial charge in [0, 0.05) is 19.3 Å². The highest BCUT2D eigenvalue weighted by Crippen LogP contribution is 2.18. The molecule has 0 aromatic heterocycles. The van der Waals surface area contributed by atoms with Gasteiger partial charge in [0.2, 0.25) is 0 Å². The second kappa shape index (κ2) is 44.9. The predicted octanol–water partition coefficient (Wildman–Crippen LogP) is 16.5. The van der Waals surface area contributed by atoms with E-state index in [0.29, 0.717) is 19.3 Å². The molecule has 344 valence electrons. The SMILES string of the molecule is CCCCCCCCCCCCC(=O)OC[C@@H](COC(=O)CCCCCCCCCCCCCCCCC(C)CC)OC(=O)CCCCCCCCCCC(C)CC. The van der Waals surface area contributed by atoms with Crippen LogP contribution in [0.4, 0.5) is 0 Å². The normalized spacial score (nSPS) is 13.0. The average Bonchev–Trinajstić information content (AvgIpc) is 3.22. The lowest BCUT2D eigenvalue weighted by Crippen LogP contribution is -2.30. The van der Waals surface area contributed by atoms with Crippen LogP contribution in [0.5, 0.6) is 0 Å². The minimum Gasteiger partial charge on any atom is -0.462 e. The van der Waals surface area contributed by atoms with Gasteiger partial charge < -0.3 is 14.2 Å². The second-order valence-corrected chi connectivity index (χ2v) is 18.3. The quantitative estimate of drug-likeness (QED) is 0.0346. The van der Waals surface area contributed by atoms with Crippen LogP contribution >= 0.6 is 0 Å². The van der Waals surface area contributed by atoms with Crippen LogP contribution in [0, 0.1) is 11.8 Å². The lowest BCUT2D eigenvalue weighted by Gasteiger charge is -2.18. The number of hydrogen-bond acceptors (Lipinski definition) is 6. The van der Waals surface area contributed by atoms with E-state index in [0.717, 1.165) is 69.6 Å². The fraction of sp³-hybridized carbons (Fsp3) is 0.942. The van der Waals surface area contributed by atoms with Crippen LogP contribution in [0.15, 0.2) is 0 Å². The van der Waals surface area contributed by atoms with Crippen molar-refractivity contribution in [1.29, 1.82) is 0 Å². The fourth-order valence-corrected chi connectivity index (χ4v) is 7.75. The monoisotopic (exact) mass is 821 g/mol. The van der Waals surface area contributed by atoms with Crippen molar-refractivity contribution in [2.45, 2.75) is 291 Å². The summed E-state index contributed by atoms with van der Waals surface area (Å²) in [5, 5.41) is 0. The first kappa shape index (κ1) is 56.4. The third kappa shape index (κ3) is 42.5. The number of rotatable bonds is 46. The van der Waals surface area contributed by atoms with E-state index in [1.165, 1.54) is 173 Å². The van der Waals surface area contributed by atoms with E-state index in [9.17, 15) is 14.4 Å². The van der Waals surface area contributed by atoms with Gasteiger partial charge in [-0.1, -0.05) is 247 Å². The zero-order valence-corrected chi connectivity index (χ0v) is 39.7. The van der Waals surface area contributed by atoms with E-state index >= 15 is 0 Å². The zero-order chi connectivity index (χ0) is 42.6. The Bertz CT molecular complexity index is 889. The Morgan fingerprint density at radius 2 is 0.603 bits per heavy atom. The van der Waals surface area contributed by atoms with E-state index in [1.807, 2.05) is 0 Å². The van der Waals surface area contributed by atoms with Gasteiger partial charge in [0.05, 0.1) is 0 Å². The van der Waals surface area contributed by atoms with E-state index in [1.54, 1.807) is 0 Å². The van der Waals surface area contributed by atoms with Crippen molar-refractivity contribution < 1.29 is 28.6 Å². The van der Waals surface area contributed by atoms with Crippen molar-refractivity contribution in [1.82, 2.24) is 0 Å². The summed E-state index contributed by atoms with van der Waals surface area (Å²) < 4.78 is 16.8. The van der Waals surface area contributed by atoms with Crippen LogP contribution in [0.1, 0.15) is 285 Å². The summed E-state index contributed by atoms with van der Waals surface area (Å²) in [4.78, 5) is 37.9. The van der Waals surface area contributed by atoms with Gasteiger partial charge in [0.25, 0.3) is 0 Å². The highest BCUT2D eigenvalue weighted by atomic mass is 16.6. The molecule has 0 radical (unpaired) electrons. The Morgan fingerprint density at radius 3 is 0.897 bits per heavy atom. The first-order valence-electron chi connectivity index (χ1n) is 25.8. The number of hydrogen-bond donors (Lipinski definition) is 0. The van der Waals surface area contributed by atoms with Crippen LogP contribution in [0.25, 0.3) is 0 Å². The van der Waals surface area contributed by atoms with Crippen molar-refractivity contribution in [3.8, 4) is 0 Å². The minimum atomic E-state index is -0.761. The smallest absolute Gasteiger partial charge is 0.306 e. The summed E-state index contributed by atoms with van der Waals surface area (Å²) in [6, 6.07) is 0. The van der Waals surface area contributed by atoms with Crippen LogP contribution in [0.2, 0.25) is 0 Å². The molecule has 0 spiro atoms. The third-order valence-corrected chi connectivity index (χ3v) is 12.4. The van der Waals surface area contributed by atoms with Gasteiger partial charge >= 0.3 is 17.9 Å². The zero-order valence-electron chi connectivity index (χ0n) is 39.7. The Balaban J connectivity index is 4.26. The van der Waals surface area contributed by atoms with E-state index in [4.69, 9.17) is 14.2 Å². The van der Waals surface area contributed by atoms with Gasteiger partial charge in [-0.2, -0.15) is 0 Å². The highest BCUT2D eigenvalue weighted by Gasteiger charge is 2.19. The lowest BCUT2D eigenvalue weighted by molar-refractivity contribution is -0.167. The van der Waals surface area contributed by atoms with Gasteiger partial charge in [0.15, 0.2) is 6.10 Å². The maximum absolute atomic E-state index is 12.8. The molecule has 0 saturated carbocycles. The lowest BCUT2D eigenvalue weighted by atomic mass is 9.99. The minimum absolute atomic E-state index is 0.0641. The summed E-state index contributed by atoms with van der Waals surface area (Å²) in [5.41, 5.74) is 0. The van der Waals surface area contributed by atoms with Crippen LogP contribution in [0.3, 0.4) is 0 Å². The molecule has 0 aliphatic carbocycles. The van der Waals surface area contributed by atoms with Crippen molar-refractivity contribution >= 4 is 17.9 Å². The maximum Gasteiger partial charge on any atom is 0.306 e. The van der Waals surface area contributed by atoms with E-state index < -0.39 is 6.10 Å². The second-order valence-electron chi connectivity index (χ2n) is 18.3. The number of carbonyl (C=O) groups excluding carboxylic acids is 3. The first-order chi connectivity index (χ1) is 28.3. The molecule has 0 aromatic rings. The highest BCUT2D eigenvalue weighted by molar-refractivity contribution is 5.71. The molecule has 0 aliphatic rings. The molecule has 0 rings (SSSR count). The molecule has 0 bridgehead atoms. The molecule has 2 unspecified atom stereocenters. The van der Waals surface area contributed by atoms with Gasteiger partial charge in [-0.3, -0.25) is 14.4 Å². The Morgan fingerprint density at radius 1 is 0.345 bits per heavy atom. The van der Waals surface area contributed by atoms with Gasteiger partial charge in [-0.25, -0.2) is 0 Å². The molecule has 0 N–H and O–H groups in total. The van der Waals surface area contributed by atoms with Crippen molar-refractivity contribution in [3.63, 3.8) is 0 Å². The summed E-state index contributed by atoms with van der Waals surface area (Å²) in [6.45, 7) is 11.4. The van der Waals surface area contributed by atoms with Crippen molar-refractivity contribution in [2.75, 3.05) is 13.2 Å². The van der Waals surface area contributed by atoms with Crippen LogP contribution in [-0.2, 0) is 28.6 Å². The number of unbranched alkanes of at least 4 members (excludes halogenated alkanes) is 29. The predicted molar refractivity (Wildman–Crippen MR) is 247 cm³/mol. The molecule has 0 amide bonds. The van der Waals surface area contributed by atoms with Crippen LogP contribution in [-0.4, -0.2) is 37.2 Å². The summed E-state index contributed by atoms with van der Waals surface area (Å²) >= 11 is 0. The van der Waals surface area contributed by atoms with Gasteiger partial charge in [0.1, 0.15) is 13.2 Å². The molecule has 0 heterocycles. The molecular formula is C52H100O6. The standard InChI is InChI=1S/C52H100O6/c1-6-9-10-11-12-13-21-27-32-37-42-50(53)56-45-49(58-52(55)44-39-34-29-24-23-26-31-36-41-48(5)8-3)46-57-51(54)43-38-33-28-22-19-17-15-14-16-18-20-25-30-35-40-47(4)7-2/h47-49H,6-46H2,1-5H3/t47?,48?,49-/m0/s1. The first-order valence-corrected chi connectivity index (χ1v) is 25.8. The maximum atomic E-state index is 12.8. The molecule has 6 heteroatoms. The molecule has 0 aliphatic heterocycles. The van der Waals surface area contributed by atoms with E-state index in [2.05, 4.69) is 34.6 Å². The Kier molecular flexibility index (Phi) is 43.7. The Hall–Kier alpha value is -1.59. The Labute approximate surface area is 361 Å². The van der Waals surface area contributed by atoms with E-state index in [-0.39, 0.29) is 31.1 Å². The van der Waals surface area contributed by atoms with Crippen molar-refractivity contribution in [3.05, 3.63) is 0 Å². The molecule has 0 fully saturated rings. The van der Waals surface area contributed by atoms with Gasteiger partial charge in [-0.05, 0) is 31.1 Å². The number of esters is 3. The van der Waals surface area contributed by atoms with Gasteiger partial charge in [-0.15, -0.1) is 0 Å².